The van der Waals surface area contributed by atoms with Crippen LogP contribution >= 0.6 is 0 Å². The summed E-state index contributed by atoms with van der Waals surface area (Å²) in [4.78, 5) is 2.34. The van der Waals surface area contributed by atoms with Crippen LogP contribution in [-0.2, 0) is 10.3 Å². The van der Waals surface area contributed by atoms with Gasteiger partial charge in [-0.25, -0.2) is 0 Å². The Morgan fingerprint density at radius 2 is 1.47 bits per heavy atom. The molecular formula is C32H31NO5. The number of hydrogen-bond donors (Lipinski definition) is 1. The summed E-state index contributed by atoms with van der Waals surface area (Å²) < 4.78 is 23.8. The lowest BCUT2D eigenvalue weighted by molar-refractivity contribution is 0.122. The molecule has 194 valence electrons. The highest BCUT2D eigenvalue weighted by Gasteiger charge is 2.38. The normalized spacial score (nSPS) is 18.7. The quantitative estimate of drug-likeness (QED) is 0.353. The van der Waals surface area contributed by atoms with Gasteiger partial charge < -0.3 is 29.0 Å². The van der Waals surface area contributed by atoms with Crippen LogP contribution in [0.3, 0.4) is 0 Å². The fraction of sp³-hybridized carbons (Fsp3) is 0.250. The molecule has 6 nitrogen and oxygen atoms in total. The van der Waals surface area contributed by atoms with Crippen molar-refractivity contribution >= 4 is 22.5 Å². The Morgan fingerprint density at radius 3 is 2.13 bits per heavy atom. The van der Waals surface area contributed by atoms with E-state index in [2.05, 4.69) is 54.3 Å². The lowest BCUT2D eigenvalue weighted by Crippen LogP contribution is -2.36. The van der Waals surface area contributed by atoms with Gasteiger partial charge in [-0.2, -0.15) is 0 Å². The molecule has 2 aliphatic rings. The van der Waals surface area contributed by atoms with Gasteiger partial charge in [-0.15, -0.1) is 0 Å². The minimum atomic E-state index is -0.891. The van der Waals surface area contributed by atoms with Crippen molar-refractivity contribution in [2.24, 2.45) is 0 Å². The van der Waals surface area contributed by atoms with Gasteiger partial charge >= 0.3 is 0 Å². The number of hydrogen-bond acceptors (Lipinski definition) is 6. The molecule has 0 aliphatic carbocycles. The zero-order valence-corrected chi connectivity index (χ0v) is 21.9. The van der Waals surface area contributed by atoms with Gasteiger partial charge in [0.15, 0.2) is 17.1 Å². The Morgan fingerprint density at radius 1 is 0.842 bits per heavy atom. The molecule has 2 heterocycles. The molecule has 4 aromatic rings. The molecule has 38 heavy (non-hydrogen) atoms. The van der Waals surface area contributed by atoms with E-state index < -0.39 is 5.60 Å². The molecule has 0 aromatic heterocycles. The van der Waals surface area contributed by atoms with Crippen LogP contribution < -0.4 is 19.1 Å². The molecule has 2 aliphatic heterocycles. The van der Waals surface area contributed by atoms with Gasteiger partial charge in [0.2, 0.25) is 0 Å². The van der Waals surface area contributed by atoms with Gasteiger partial charge in [0, 0.05) is 40.9 Å². The number of anilines is 1. The third-order valence-corrected chi connectivity index (χ3v) is 7.56. The highest BCUT2D eigenvalue weighted by Crippen LogP contribution is 2.48. The Labute approximate surface area is 222 Å². The molecule has 0 bridgehead atoms. The first-order chi connectivity index (χ1) is 18.5. The van der Waals surface area contributed by atoms with Crippen molar-refractivity contribution in [2.45, 2.75) is 12.5 Å². The van der Waals surface area contributed by atoms with Crippen LogP contribution in [0.2, 0.25) is 0 Å². The highest BCUT2D eigenvalue weighted by molar-refractivity contribution is 5.96. The van der Waals surface area contributed by atoms with Crippen LogP contribution in [0.15, 0.2) is 72.8 Å². The van der Waals surface area contributed by atoms with Crippen molar-refractivity contribution in [3.05, 3.63) is 95.1 Å². The summed E-state index contributed by atoms with van der Waals surface area (Å²) in [6.07, 6.45) is 4.26. The van der Waals surface area contributed by atoms with Crippen LogP contribution in [0.25, 0.3) is 16.8 Å². The van der Waals surface area contributed by atoms with E-state index in [0.29, 0.717) is 11.5 Å². The van der Waals surface area contributed by atoms with Gasteiger partial charge in [0.1, 0.15) is 11.5 Å². The summed E-state index contributed by atoms with van der Waals surface area (Å²) in [6.45, 7) is 5.32. The molecule has 6 rings (SSSR count). The standard InChI is InChI=1S/C32H31NO5/c1-21-18-22-19-29(35-2)30(36-3)20-28(22)31-27(21)12-13-32(38-31,24-6-10-26(34)11-7-24)23-4-8-25(9-5-23)33-14-16-37-17-15-33/h4-13,18-20,34H,14-17H2,1-3H3. The number of fused-ring (bicyclic) bond motifs is 3. The monoisotopic (exact) mass is 509 g/mol. The fourth-order valence-corrected chi connectivity index (χ4v) is 5.49. The lowest BCUT2D eigenvalue weighted by Gasteiger charge is -2.37. The van der Waals surface area contributed by atoms with E-state index in [4.69, 9.17) is 18.9 Å². The summed E-state index contributed by atoms with van der Waals surface area (Å²) in [5, 5.41) is 12.0. The Bertz CT molecular complexity index is 1500. The molecule has 1 saturated heterocycles. The summed E-state index contributed by atoms with van der Waals surface area (Å²) in [5.41, 5.74) is 4.33. The van der Waals surface area contributed by atoms with E-state index in [1.165, 1.54) is 0 Å². The average Bonchev–Trinajstić information content (AvgIpc) is 2.97. The third kappa shape index (κ3) is 4.02. The predicted molar refractivity (Wildman–Crippen MR) is 150 cm³/mol. The topological polar surface area (TPSA) is 60.4 Å². The number of methoxy groups -OCH3 is 2. The van der Waals surface area contributed by atoms with E-state index in [1.54, 1.807) is 26.4 Å². The van der Waals surface area contributed by atoms with Crippen LogP contribution in [0.5, 0.6) is 23.0 Å². The number of phenols is 1. The van der Waals surface area contributed by atoms with Gasteiger partial charge in [-0.3, -0.25) is 0 Å². The maximum atomic E-state index is 10.0. The van der Waals surface area contributed by atoms with E-state index in [0.717, 1.165) is 70.8 Å². The van der Waals surface area contributed by atoms with Gasteiger partial charge in [0.25, 0.3) is 0 Å². The number of morpholine rings is 1. The van der Waals surface area contributed by atoms with E-state index in [1.807, 2.05) is 24.3 Å². The first kappa shape index (κ1) is 24.2. The first-order valence-electron chi connectivity index (χ1n) is 12.8. The van der Waals surface area contributed by atoms with Crippen molar-refractivity contribution in [2.75, 3.05) is 45.4 Å². The van der Waals surface area contributed by atoms with E-state index >= 15 is 0 Å². The van der Waals surface area contributed by atoms with Crippen molar-refractivity contribution in [3.8, 4) is 23.0 Å². The minimum absolute atomic E-state index is 0.213. The van der Waals surface area contributed by atoms with Crippen LogP contribution in [0, 0.1) is 6.92 Å². The molecule has 0 spiro atoms. The third-order valence-electron chi connectivity index (χ3n) is 7.56. The van der Waals surface area contributed by atoms with Crippen LogP contribution in [0.4, 0.5) is 5.69 Å². The number of rotatable bonds is 5. The zero-order valence-electron chi connectivity index (χ0n) is 21.9. The predicted octanol–water partition coefficient (Wildman–Crippen LogP) is 6.06. The second kappa shape index (κ2) is 9.62. The minimum Gasteiger partial charge on any atom is -0.508 e. The van der Waals surface area contributed by atoms with Crippen molar-refractivity contribution < 1.29 is 24.1 Å². The first-order valence-corrected chi connectivity index (χ1v) is 12.8. The van der Waals surface area contributed by atoms with Crippen LogP contribution in [-0.4, -0.2) is 45.6 Å². The molecular weight excluding hydrogens is 478 g/mol. The second-order valence-electron chi connectivity index (χ2n) is 9.73. The number of nitrogens with zero attached hydrogens (tertiary/aromatic N) is 1. The molecule has 4 aromatic carbocycles. The number of ether oxygens (including phenoxy) is 4. The molecule has 0 saturated carbocycles. The van der Waals surface area contributed by atoms with Crippen molar-refractivity contribution in [3.63, 3.8) is 0 Å². The lowest BCUT2D eigenvalue weighted by atomic mass is 9.82. The largest absolute Gasteiger partial charge is 0.508 e. The van der Waals surface area contributed by atoms with Crippen LogP contribution in [0.1, 0.15) is 22.3 Å². The van der Waals surface area contributed by atoms with Gasteiger partial charge in [-0.05, 0) is 60.3 Å². The molecule has 0 amide bonds. The number of aryl methyl sites for hydroxylation is 1. The molecule has 0 radical (unpaired) electrons. The highest BCUT2D eigenvalue weighted by atomic mass is 16.5. The van der Waals surface area contributed by atoms with E-state index in [9.17, 15) is 5.11 Å². The molecule has 1 fully saturated rings. The molecule has 1 unspecified atom stereocenters. The smallest absolute Gasteiger partial charge is 0.178 e. The molecule has 1 atom stereocenters. The average molecular weight is 510 g/mol. The summed E-state index contributed by atoms with van der Waals surface area (Å²) >= 11 is 0. The number of benzene rings is 4. The SMILES string of the molecule is COc1cc2cc(C)c3c(c2cc1OC)OC(c1ccc(O)cc1)(c1ccc(N2CCOCC2)cc1)C=C3. The Kier molecular flexibility index (Phi) is 6.12. The maximum absolute atomic E-state index is 10.0. The van der Waals surface area contributed by atoms with Gasteiger partial charge in [0.05, 0.1) is 27.4 Å². The molecule has 6 heteroatoms. The summed E-state index contributed by atoms with van der Waals surface area (Å²) in [5.74, 6) is 2.32. The number of aromatic hydroxyl groups is 1. The van der Waals surface area contributed by atoms with Crippen molar-refractivity contribution in [1.29, 1.82) is 0 Å². The Balaban J connectivity index is 1.52. The van der Waals surface area contributed by atoms with Gasteiger partial charge in [-0.1, -0.05) is 36.4 Å². The Hall–Kier alpha value is -4.16. The van der Waals surface area contributed by atoms with E-state index in [-0.39, 0.29) is 5.75 Å². The fourth-order valence-electron chi connectivity index (χ4n) is 5.49. The summed E-state index contributed by atoms with van der Waals surface area (Å²) in [7, 11) is 3.28. The maximum Gasteiger partial charge on any atom is 0.178 e. The summed E-state index contributed by atoms with van der Waals surface area (Å²) in [6, 6.07) is 21.9. The van der Waals surface area contributed by atoms with Crippen molar-refractivity contribution in [1.82, 2.24) is 0 Å². The number of phenolic OH excluding ortho intramolecular Hbond substituents is 1. The molecule has 1 N–H and O–H groups in total. The second-order valence-corrected chi connectivity index (χ2v) is 9.73. The zero-order chi connectivity index (χ0) is 26.3.